The second-order valence-electron chi connectivity index (χ2n) is 3.43. The van der Waals surface area contributed by atoms with Crippen LogP contribution in [0.1, 0.15) is 6.42 Å². The number of hydrogen-bond donors (Lipinski definition) is 1. The molecule has 1 saturated heterocycles. The van der Waals surface area contributed by atoms with Crippen LogP contribution in [0.2, 0.25) is 0 Å². The molecule has 5 nitrogen and oxygen atoms in total. The molecule has 0 aromatic carbocycles. The van der Waals surface area contributed by atoms with Crippen molar-refractivity contribution in [3.8, 4) is 0 Å². The van der Waals surface area contributed by atoms with Gasteiger partial charge in [-0.1, -0.05) is 15.9 Å². The molecule has 1 heterocycles. The summed E-state index contributed by atoms with van der Waals surface area (Å²) < 4.78 is 9.68. The van der Waals surface area contributed by atoms with Crippen molar-refractivity contribution in [1.29, 1.82) is 0 Å². The third-order valence-corrected chi connectivity index (χ3v) is 3.81. The lowest BCUT2D eigenvalue weighted by molar-refractivity contribution is -0.145. The molecule has 0 spiro atoms. The maximum atomic E-state index is 11.3. The summed E-state index contributed by atoms with van der Waals surface area (Å²) in [5, 5.41) is 2.66. The number of alkyl carbamates (subject to hydrolysis) is 1. The van der Waals surface area contributed by atoms with Gasteiger partial charge in [0.25, 0.3) is 0 Å². The summed E-state index contributed by atoms with van der Waals surface area (Å²) in [6.07, 6.45) is -0.0988. The van der Waals surface area contributed by atoms with Crippen LogP contribution >= 0.6 is 15.9 Å². The van der Waals surface area contributed by atoms with Gasteiger partial charge in [0.15, 0.2) is 0 Å². The van der Waals surface area contributed by atoms with Crippen LogP contribution in [0.3, 0.4) is 0 Å². The second kappa shape index (κ2) is 3.42. The number of methoxy groups -OCH3 is 1. The lowest BCUT2D eigenvalue weighted by Crippen LogP contribution is -2.29. The quantitative estimate of drug-likeness (QED) is 0.550. The van der Waals surface area contributed by atoms with Crippen LogP contribution in [0.4, 0.5) is 4.79 Å². The Bertz CT molecular complexity index is 283. The topological polar surface area (TPSA) is 64.6 Å². The van der Waals surface area contributed by atoms with Crippen molar-refractivity contribution in [2.24, 2.45) is 5.92 Å². The second-order valence-corrected chi connectivity index (χ2v) is 4.49. The number of carbonyl (C=O) groups excluding carboxylic acids is 2. The Labute approximate surface area is 89.2 Å². The molecule has 1 amide bonds. The van der Waals surface area contributed by atoms with E-state index in [9.17, 15) is 9.59 Å². The minimum absolute atomic E-state index is 0.0732. The van der Waals surface area contributed by atoms with Crippen molar-refractivity contribution in [1.82, 2.24) is 5.32 Å². The molecule has 14 heavy (non-hydrogen) atoms. The summed E-state index contributed by atoms with van der Waals surface area (Å²) in [6.45, 7) is 0. The van der Waals surface area contributed by atoms with Gasteiger partial charge in [0.2, 0.25) is 0 Å². The summed E-state index contributed by atoms with van der Waals surface area (Å²) in [5.41, 5.74) is 0. The molecule has 2 fully saturated rings. The minimum atomic E-state index is -0.409. The first-order valence-corrected chi connectivity index (χ1v) is 5.24. The molecule has 1 aliphatic carbocycles. The molecule has 0 aromatic heterocycles. The van der Waals surface area contributed by atoms with E-state index in [2.05, 4.69) is 26.0 Å². The molecule has 1 saturated carbocycles. The van der Waals surface area contributed by atoms with Gasteiger partial charge in [0, 0.05) is 0 Å². The fraction of sp³-hybridized carbons (Fsp3) is 0.750. The smallest absolute Gasteiger partial charge is 0.407 e. The molecule has 78 valence electrons. The number of nitrogens with one attached hydrogen (secondary N) is 1. The van der Waals surface area contributed by atoms with E-state index in [0.29, 0.717) is 6.42 Å². The number of hydrogen-bond acceptors (Lipinski definition) is 4. The summed E-state index contributed by atoms with van der Waals surface area (Å²) in [7, 11) is 1.36. The zero-order chi connectivity index (χ0) is 10.3. The van der Waals surface area contributed by atoms with Gasteiger partial charge in [-0.3, -0.25) is 4.79 Å². The zero-order valence-electron chi connectivity index (χ0n) is 7.53. The summed E-state index contributed by atoms with van der Waals surface area (Å²) >= 11 is 3.36. The Balaban J connectivity index is 2.09. The minimum Gasteiger partial charge on any atom is -0.469 e. The van der Waals surface area contributed by atoms with Crippen molar-refractivity contribution in [2.75, 3.05) is 7.11 Å². The summed E-state index contributed by atoms with van der Waals surface area (Å²) in [6, 6.07) is -0.0732. The SMILES string of the molecule is COC(=O)[C@H]1C[C@H]2NC(=O)O[C@H]2[C@@H]1Br. The van der Waals surface area contributed by atoms with Crippen molar-refractivity contribution in [2.45, 2.75) is 23.4 Å². The average Bonchev–Trinajstić information content (AvgIpc) is 2.64. The van der Waals surface area contributed by atoms with E-state index >= 15 is 0 Å². The average molecular weight is 264 g/mol. The molecule has 0 radical (unpaired) electrons. The van der Waals surface area contributed by atoms with E-state index in [0.717, 1.165) is 0 Å². The Morgan fingerprint density at radius 1 is 1.71 bits per heavy atom. The molecule has 2 rings (SSSR count). The predicted molar refractivity (Wildman–Crippen MR) is 50.0 cm³/mol. The molecule has 6 heteroatoms. The predicted octanol–water partition coefficient (Wildman–Crippen LogP) is 0.420. The van der Waals surface area contributed by atoms with Crippen molar-refractivity contribution >= 4 is 28.0 Å². The number of carbonyl (C=O) groups is 2. The third kappa shape index (κ3) is 1.37. The fourth-order valence-electron chi connectivity index (χ4n) is 1.96. The Morgan fingerprint density at radius 3 is 3.00 bits per heavy atom. The van der Waals surface area contributed by atoms with Crippen molar-refractivity contribution in [3.63, 3.8) is 0 Å². The number of amides is 1. The van der Waals surface area contributed by atoms with Gasteiger partial charge in [0.1, 0.15) is 6.10 Å². The molecule has 1 aliphatic heterocycles. The molecule has 0 aromatic rings. The highest BCUT2D eigenvalue weighted by molar-refractivity contribution is 9.09. The van der Waals surface area contributed by atoms with E-state index in [1.54, 1.807) is 0 Å². The maximum absolute atomic E-state index is 11.3. The van der Waals surface area contributed by atoms with Gasteiger partial charge >= 0.3 is 12.1 Å². The Hall–Kier alpha value is -0.780. The van der Waals surface area contributed by atoms with Crippen LogP contribution < -0.4 is 5.32 Å². The monoisotopic (exact) mass is 263 g/mol. The molecule has 0 bridgehead atoms. The maximum Gasteiger partial charge on any atom is 0.407 e. The number of alkyl halides is 1. The lowest BCUT2D eigenvalue weighted by atomic mass is 10.1. The first-order valence-electron chi connectivity index (χ1n) is 4.32. The van der Waals surface area contributed by atoms with Gasteiger partial charge < -0.3 is 14.8 Å². The summed E-state index contributed by atoms with van der Waals surface area (Å²) in [4.78, 5) is 22.0. The van der Waals surface area contributed by atoms with E-state index < -0.39 is 6.09 Å². The number of esters is 1. The van der Waals surface area contributed by atoms with Crippen molar-refractivity contribution < 1.29 is 19.1 Å². The first kappa shape index (κ1) is 9.76. The highest BCUT2D eigenvalue weighted by atomic mass is 79.9. The largest absolute Gasteiger partial charge is 0.469 e. The van der Waals surface area contributed by atoms with E-state index in [1.807, 2.05) is 0 Å². The lowest BCUT2D eigenvalue weighted by Gasteiger charge is -2.14. The van der Waals surface area contributed by atoms with Gasteiger partial charge in [-0.15, -0.1) is 0 Å². The molecule has 2 aliphatic rings. The molecule has 4 atom stereocenters. The van der Waals surface area contributed by atoms with Gasteiger partial charge in [-0.2, -0.15) is 0 Å². The number of rotatable bonds is 1. The molecular formula is C8H10BrNO4. The van der Waals surface area contributed by atoms with Crippen LogP contribution in [0.25, 0.3) is 0 Å². The normalized spacial score (nSPS) is 40.0. The highest BCUT2D eigenvalue weighted by Gasteiger charge is 2.52. The van der Waals surface area contributed by atoms with Gasteiger partial charge in [-0.25, -0.2) is 4.79 Å². The number of fused-ring (bicyclic) bond motifs is 1. The standard InChI is InChI=1S/C8H10BrNO4/c1-13-7(11)3-2-4-6(5(3)9)14-8(12)10-4/h3-6H,2H2,1H3,(H,10,12)/t3-,4+,5+,6+/m0/s1. The van der Waals surface area contributed by atoms with Gasteiger partial charge in [-0.05, 0) is 6.42 Å². The Kier molecular flexibility index (Phi) is 2.38. The van der Waals surface area contributed by atoms with Crippen LogP contribution in [0.5, 0.6) is 0 Å². The van der Waals surface area contributed by atoms with Crippen molar-refractivity contribution in [3.05, 3.63) is 0 Å². The van der Waals surface area contributed by atoms with Crippen LogP contribution in [0.15, 0.2) is 0 Å². The molecule has 1 N–H and O–H groups in total. The first-order chi connectivity index (χ1) is 6.63. The van der Waals surface area contributed by atoms with Crippen LogP contribution in [-0.2, 0) is 14.3 Å². The zero-order valence-corrected chi connectivity index (χ0v) is 9.11. The van der Waals surface area contributed by atoms with Gasteiger partial charge in [0.05, 0.1) is 23.9 Å². The molecular weight excluding hydrogens is 254 g/mol. The van der Waals surface area contributed by atoms with E-state index in [-0.39, 0.29) is 28.9 Å². The molecule has 0 unspecified atom stereocenters. The fourth-order valence-corrected chi connectivity index (χ4v) is 2.87. The number of halogens is 1. The summed E-state index contributed by atoms with van der Waals surface area (Å²) in [5.74, 6) is -0.505. The van der Waals surface area contributed by atoms with E-state index in [1.165, 1.54) is 7.11 Å². The number of ether oxygens (including phenoxy) is 2. The highest BCUT2D eigenvalue weighted by Crippen LogP contribution is 2.37. The Morgan fingerprint density at radius 2 is 2.43 bits per heavy atom. The van der Waals surface area contributed by atoms with E-state index in [4.69, 9.17) is 4.74 Å². The third-order valence-electron chi connectivity index (χ3n) is 2.65. The van der Waals surface area contributed by atoms with Crippen LogP contribution in [0, 0.1) is 5.92 Å². The van der Waals surface area contributed by atoms with Crippen LogP contribution in [-0.4, -0.2) is 36.1 Å².